The molecule has 1 heterocycles. The Morgan fingerprint density at radius 1 is 1.06 bits per heavy atom. The third-order valence-corrected chi connectivity index (χ3v) is 2.56. The first kappa shape index (κ1) is 12.4. The highest BCUT2D eigenvalue weighted by Crippen LogP contribution is 2.20. The van der Waals surface area contributed by atoms with Gasteiger partial charge in [-0.15, -0.1) is 0 Å². The summed E-state index contributed by atoms with van der Waals surface area (Å²) in [7, 11) is 0. The second kappa shape index (κ2) is 5.08. The highest BCUT2D eigenvalue weighted by molar-refractivity contribution is 5.41. The lowest BCUT2D eigenvalue weighted by molar-refractivity contribution is 0.458. The summed E-state index contributed by atoms with van der Waals surface area (Å²) >= 11 is 0. The van der Waals surface area contributed by atoms with Gasteiger partial charge in [0, 0.05) is 12.1 Å². The van der Waals surface area contributed by atoms with Gasteiger partial charge in [-0.2, -0.15) is 9.37 Å². The van der Waals surface area contributed by atoms with Crippen molar-refractivity contribution >= 4 is 5.82 Å². The monoisotopic (exact) mass is 252 g/mol. The molecule has 0 unspecified atom stereocenters. The van der Waals surface area contributed by atoms with E-state index in [0.29, 0.717) is 0 Å². The molecule has 0 amide bonds. The van der Waals surface area contributed by atoms with Crippen LogP contribution in [0.1, 0.15) is 11.1 Å². The van der Waals surface area contributed by atoms with Gasteiger partial charge in [0.25, 0.3) is 5.95 Å². The average Bonchev–Trinajstić information content (AvgIpc) is 2.40. The lowest BCUT2D eigenvalue weighted by Crippen LogP contribution is -2.08. The molecule has 0 radical (unpaired) electrons. The highest BCUT2D eigenvalue weighted by Gasteiger charge is 2.16. The number of halogens is 3. The van der Waals surface area contributed by atoms with Gasteiger partial charge in [-0.25, -0.2) is 8.78 Å². The number of rotatable bonds is 3. The first-order chi connectivity index (χ1) is 8.59. The minimum Gasteiger partial charge on any atom is -0.363 e. The zero-order valence-corrected chi connectivity index (χ0v) is 9.67. The molecule has 94 valence electrons. The molecule has 0 spiro atoms. The van der Waals surface area contributed by atoms with Crippen LogP contribution in [0.5, 0.6) is 0 Å². The van der Waals surface area contributed by atoms with Gasteiger partial charge in [0.05, 0.1) is 0 Å². The van der Waals surface area contributed by atoms with Crippen molar-refractivity contribution in [3.05, 3.63) is 59.0 Å². The molecule has 0 atom stereocenters. The van der Waals surface area contributed by atoms with Gasteiger partial charge in [-0.3, -0.25) is 0 Å². The Hall–Kier alpha value is -2.04. The van der Waals surface area contributed by atoms with Crippen LogP contribution in [-0.2, 0) is 6.54 Å². The number of hydrogen-bond donors (Lipinski definition) is 1. The summed E-state index contributed by atoms with van der Waals surface area (Å²) in [6.07, 6.45) is 0. The van der Waals surface area contributed by atoms with Gasteiger partial charge in [-0.1, -0.05) is 30.3 Å². The molecule has 18 heavy (non-hydrogen) atoms. The highest BCUT2D eigenvalue weighted by atomic mass is 19.2. The van der Waals surface area contributed by atoms with Crippen LogP contribution >= 0.6 is 0 Å². The number of anilines is 1. The maximum Gasteiger partial charge on any atom is 0.251 e. The topological polar surface area (TPSA) is 24.9 Å². The van der Waals surface area contributed by atoms with E-state index in [4.69, 9.17) is 0 Å². The second-order valence-electron chi connectivity index (χ2n) is 3.84. The van der Waals surface area contributed by atoms with E-state index < -0.39 is 17.6 Å². The van der Waals surface area contributed by atoms with E-state index in [1.165, 1.54) is 6.92 Å². The van der Waals surface area contributed by atoms with Crippen molar-refractivity contribution in [3.63, 3.8) is 0 Å². The molecule has 0 aliphatic heterocycles. The minimum absolute atomic E-state index is 0.282. The van der Waals surface area contributed by atoms with Crippen LogP contribution in [0.3, 0.4) is 0 Å². The Morgan fingerprint density at radius 2 is 1.72 bits per heavy atom. The molecule has 0 saturated heterocycles. The zero-order chi connectivity index (χ0) is 13.1. The molecule has 2 rings (SSSR count). The summed E-state index contributed by atoms with van der Waals surface area (Å²) in [5, 5.41) is 2.65. The van der Waals surface area contributed by atoms with E-state index in [-0.39, 0.29) is 17.9 Å². The fourth-order valence-electron chi connectivity index (χ4n) is 1.52. The number of benzene rings is 1. The van der Waals surface area contributed by atoms with Gasteiger partial charge in [0.1, 0.15) is 0 Å². The number of aromatic nitrogens is 1. The lowest BCUT2D eigenvalue weighted by atomic mass is 10.2. The molecule has 0 fully saturated rings. The van der Waals surface area contributed by atoms with E-state index in [2.05, 4.69) is 10.3 Å². The zero-order valence-electron chi connectivity index (χ0n) is 9.67. The Labute approximate surface area is 102 Å². The summed E-state index contributed by atoms with van der Waals surface area (Å²) in [5.74, 6) is -3.71. The number of nitrogens with one attached hydrogen (secondary N) is 1. The smallest absolute Gasteiger partial charge is 0.251 e. The van der Waals surface area contributed by atoms with Crippen LogP contribution in [0.15, 0.2) is 30.3 Å². The van der Waals surface area contributed by atoms with E-state index in [1.807, 2.05) is 30.3 Å². The standard InChI is InChI=1S/C13H11F3N2/c1-8-10(14)12(16)18-13(11(8)15)17-7-9-5-3-2-4-6-9/h2-6H,7H2,1H3,(H,17,18). The quantitative estimate of drug-likeness (QED) is 0.847. The van der Waals surface area contributed by atoms with E-state index in [1.54, 1.807) is 0 Å². The van der Waals surface area contributed by atoms with E-state index >= 15 is 0 Å². The molecule has 0 bridgehead atoms. The van der Waals surface area contributed by atoms with Gasteiger partial charge >= 0.3 is 0 Å². The summed E-state index contributed by atoms with van der Waals surface area (Å²) in [5.41, 5.74) is 0.513. The second-order valence-corrected chi connectivity index (χ2v) is 3.84. The van der Waals surface area contributed by atoms with Gasteiger partial charge in [-0.05, 0) is 12.5 Å². The van der Waals surface area contributed by atoms with Gasteiger partial charge in [0.15, 0.2) is 17.5 Å². The largest absolute Gasteiger partial charge is 0.363 e. The first-order valence-electron chi connectivity index (χ1n) is 5.38. The minimum atomic E-state index is -1.30. The average molecular weight is 252 g/mol. The third kappa shape index (κ3) is 2.45. The van der Waals surface area contributed by atoms with Crippen molar-refractivity contribution in [1.29, 1.82) is 0 Å². The Morgan fingerprint density at radius 3 is 2.39 bits per heavy atom. The SMILES string of the molecule is Cc1c(F)c(F)nc(NCc2ccccc2)c1F. The van der Waals surface area contributed by atoms with Crippen LogP contribution in [0.2, 0.25) is 0 Å². The normalized spacial score (nSPS) is 10.4. The van der Waals surface area contributed by atoms with Crippen molar-refractivity contribution in [2.75, 3.05) is 5.32 Å². The van der Waals surface area contributed by atoms with Gasteiger partial charge in [0.2, 0.25) is 0 Å². The summed E-state index contributed by atoms with van der Waals surface area (Å²) < 4.78 is 39.7. The van der Waals surface area contributed by atoms with Crippen LogP contribution in [-0.4, -0.2) is 4.98 Å². The molecule has 1 aromatic heterocycles. The predicted molar refractivity (Wildman–Crippen MR) is 62.6 cm³/mol. The predicted octanol–water partition coefficient (Wildman–Crippen LogP) is 3.42. The summed E-state index contributed by atoms with van der Waals surface area (Å²) in [6, 6.07) is 9.17. The third-order valence-electron chi connectivity index (χ3n) is 2.56. The van der Waals surface area contributed by atoms with Crippen molar-refractivity contribution in [3.8, 4) is 0 Å². The molecular formula is C13H11F3N2. The van der Waals surface area contributed by atoms with E-state index in [9.17, 15) is 13.2 Å². The Bertz CT molecular complexity index is 556. The lowest BCUT2D eigenvalue weighted by Gasteiger charge is -2.09. The summed E-state index contributed by atoms with van der Waals surface area (Å²) in [4.78, 5) is 3.22. The molecule has 5 heteroatoms. The Balaban J connectivity index is 2.20. The van der Waals surface area contributed by atoms with Crippen LogP contribution < -0.4 is 5.32 Å². The van der Waals surface area contributed by atoms with Crippen LogP contribution in [0.4, 0.5) is 19.0 Å². The van der Waals surface area contributed by atoms with Crippen LogP contribution in [0.25, 0.3) is 0 Å². The fraction of sp³-hybridized carbons (Fsp3) is 0.154. The van der Waals surface area contributed by atoms with E-state index in [0.717, 1.165) is 5.56 Å². The first-order valence-corrected chi connectivity index (χ1v) is 5.38. The fourth-order valence-corrected chi connectivity index (χ4v) is 1.52. The molecule has 0 aliphatic carbocycles. The molecule has 0 saturated carbocycles. The number of hydrogen-bond acceptors (Lipinski definition) is 2. The maximum atomic E-state index is 13.6. The molecule has 0 aliphatic rings. The molecule has 1 aromatic carbocycles. The van der Waals surface area contributed by atoms with Gasteiger partial charge < -0.3 is 5.32 Å². The van der Waals surface area contributed by atoms with Crippen molar-refractivity contribution in [2.24, 2.45) is 0 Å². The molecular weight excluding hydrogens is 241 g/mol. The Kier molecular flexibility index (Phi) is 3.50. The molecule has 1 N–H and O–H groups in total. The molecule has 2 nitrogen and oxygen atoms in total. The van der Waals surface area contributed by atoms with Crippen molar-refractivity contribution < 1.29 is 13.2 Å². The maximum absolute atomic E-state index is 13.6. The molecule has 2 aromatic rings. The van der Waals surface area contributed by atoms with Crippen molar-refractivity contribution in [1.82, 2.24) is 4.98 Å². The van der Waals surface area contributed by atoms with Crippen LogP contribution in [0, 0.1) is 24.5 Å². The number of nitrogens with zero attached hydrogens (tertiary/aromatic N) is 1. The summed E-state index contributed by atoms with van der Waals surface area (Å²) in [6.45, 7) is 1.46. The number of pyridine rings is 1. The van der Waals surface area contributed by atoms with Crippen molar-refractivity contribution in [2.45, 2.75) is 13.5 Å².